The molecule has 0 radical (unpaired) electrons. The van der Waals surface area contributed by atoms with Crippen molar-refractivity contribution in [2.45, 2.75) is 42.2 Å². The first kappa shape index (κ1) is 11.4. The summed E-state index contributed by atoms with van der Waals surface area (Å²) in [5.41, 5.74) is 5.93. The third-order valence-corrected chi connectivity index (χ3v) is 5.44. The summed E-state index contributed by atoms with van der Waals surface area (Å²) >= 11 is 0. The lowest BCUT2D eigenvalue weighted by atomic mass is 10.0. The smallest absolute Gasteiger partial charge is 0.183 e. The van der Waals surface area contributed by atoms with Crippen LogP contribution in [0.5, 0.6) is 0 Å². The molecule has 5 heteroatoms. The number of pyridine rings is 1. The summed E-state index contributed by atoms with van der Waals surface area (Å²) < 4.78 is 24.6. The van der Waals surface area contributed by atoms with Crippen LogP contribution in [0.2, 0.25) is 0 Å². The van der Waals surface area contributed by atoms with Crippen LogP contribution in [0.1, 0.15) is 32.1 Å². The number of hydrogen-bond acceptors (Lipinski definition) is 4. The first-order valence-corrected chi connectivity index (χ1v) is 7.10. The fourth-order valence-electron chi connectivity index (χ4n) is 2.21. The standard InChI is InChI=1S/C11H16N2O2S/c12-10-8-13-7-6-11(10)16(14,15)9-4-2-1-3-5-9/h6-9H,1-5,12H2. The third-order valence-electron chi connectivity index (χ3n) is 3.11. The average molecular weight is 240 g/mol. The first-order chi connectivity index (χ1) is 7.62. The normalized spacial score (nSPS) is 18.5. The molecule has 4 nitrogen and oxygen atoms in total. The summed E-state index contributed by atoms with van der Waals surface area (Å²) in [6.45, 7) is 0. The minimum atomic E-state index is -3.26. The maximum atomic E-state index is 12.3. The van der Waals surface area contributed by atoms with Crippen LogP contribution < -0.4 is 5.73 Å². The van der Waals surface area contributed by atoms with Gasteiger partial charge in [0.15, 0.2) is 9.84 Å². The van der Waals surface area contributed by atoms with Crippen molar-refractivity contribution in [3.05, 3.63) is 18.5 Å². The molecule has 0 spiro atoms. The highest BCUT2D eigenvalue weighted by atomic mass is 32.2. The van der Waals surface area contributed by atoms with E-state index in [-0.39, 0.29) is 15.8 Å². The molecular weight excluding hydrogens is 224 g/mol. The third kappa shape index (κ3) is 2.04. The van der Waals surface area contributed by atoms with E-state index in [1.165, 1.54) is 18.5 Å². The van der Waals surface area contributed by atoms with Gasteiger partial charge in [0.1, 0.15) is 0 Å². The van der Waals surface area contributed by atoms with E-state index in [9.17, 15) is 8.42 Å². The summed E-state index contributed by atoms with van der Waals surface area (Å²) in [6, 6.07) is 1.50. The lowest BCUT2D eigenvalue weighted by Gasteiger charge is -2.22. The molecule has 0 aliphatic heterocycles. The number of nitrogen functional groups attached to an aromatic ring is 1. The van der Waals surface area contributed by atoms with Crippen LogP contribution in [0, 0.1) is 0 Å². The molecule has 16 heavy (non-hydrogen) atoms. The number of hydrogen-bond donors (Lipinski definition) is 1. The zero-order valence-corrected chi connectivity index (χ0v) is 9.91. The van der Waals surface area contributed by atoms with Crippen molar-refractivity contribution in [1.29, 1.82) is 0 Å². The Kier molecular flexibility index (Phi) is 3.14. The summed E-state index contributed by atoms with van der Waals surface area (Å²) in [5.74, 6) is 0. The molecule has 1 aromatic heterocycles. The van der Waals surface area contributed by atoms with Crippen LogP contribution in [-0.2, 0) is 9.84 Å². The van der Waals surface area contributed by atoms with E-state index in [4.69, 9.17) is 5.73 Å². The number of nitrogens with two attached hydrogens (primary N) is 1. The van der Waals surface area contributed by atoms with Crippen molar-refractivity contribution >= 4 is 15.5 Å². The Hall–Kier alpha value is -1.10. The minimum Gasteiger partial charge on any atom is -0.396 e. The van der Waals surface area contributed by atoms with Gasteiger partial charge in [0.2, 0.25) is 0 Å². The number of sulfone groups is 1. The fraction of sp³-hybridized carbons (Fsp3) is 0.545. The topological polar surface area (TPSA) is 73.0 Å². The monoisotopic (exact) mass is 240 g/mol. The van der Waals surface area contributed by atoms with E-state index >= 15 is 0 Å². The zero-order valence-electron chi connectivity index (χ0n) is 9.09. The molecular formula is C11H16N2O2S. The van der Waals surface area contributed by atoms with Gasteiger partial charge in [-0.2, -0.15) is 0 Å². The lowest BCUT2D eigenvalue weighted by molar-refractivity contribution is 0.484. The Labute approximate surface area is 95.8 Å². The van der Waals surface area contributed by atoms with Crippen molar-refractivity contribution < 1.29 is 8.42 Å². The van der Waals surface area contributed by atoms with Gasteiger partial charge >= 0.3 is 0 Å². The van der Waals surface area contributed by atoms with Crippen LogP contribution in [0.3, 0.4) is 0 Å². The van der Waals surface area contributed by atoms with Gasteiger partial charge in [-0.15, -0.1) is 0 Å². The molecule has 0 aromatic carbocycles. The number of rotatable bonds is 2. The average Bonchev–Trinajstić information content (AvgIpc) is 2.30. The summed E-state index contributed by atoms with van der Waals surface area (Å²) in [6.07, 6.45) is 7.51. The van der Waals surface area contributed by atoms with Crippen LogP contribution >= 0.6 is 0 Å². The molecule has 2 rings (SSSR count). The Morgan fingerprint density at radius 2 is 1.94 bits per heavy atom. The highest BCUT2D eigenvalue weighted by Gasteiger charge is 2.30. The summed E-state index contributed by atoms with van der Waals surface area (Å²) in [7, 11) is -3.26. The van der Waals surface area contributed by atoms with Crippen LogP contribution in [0.4, 0.5) is 5.69 Å². The maximum Gasteiger partial charge on any atom is 0.183 e. The molecule has 1 aliphatic rings. The number of nitrogens with zero attached hydrogens (tertiary/aromatic N) is 1. The highest BCUT2D eigenvalue weighted by Crippen LogP contribution is 2.30. The summed E-state index contributed by atoms with van der Waals surface area (Å²) in [5, 5.41) is -0.258. The molecule has 2 N–H and O–H groups in total. The van der Waals surface area contributed by atoms with Crippen molar-refractivity contribution in [3.8, 4) is 0 Å². The van der Waals surface area contributed by atoms with Gasteiger partial charge in [-0.3, -0.25) is 4.98 Å². The van der Waals surface area contributed by atoms with Crippen molar-refractivity contribution in [2.75, 3.05) is 5.73 Å². The number of aromatic nitrogens is 1. The highest BCUT2D eigenvalue weighted by molar-refractivity contribution is 7.92. The van der Waals surface area contributed by atoms with Crippen molar-refractivity contribution in [2.24, 2.45) is 0 Å². The van der Waals surface area contributed by atoms with Gasteiger partial charge in [-0.1, -0.05) is 19.3 Å². The van der Waals surface area contributed by atoms with Gasteiger partial charge in [0, 0.05) is 6.20 Å². The van der Waals surface area contributed by atoms with Gasteiger partial charge in [-0.25, -0.2) is 8.42 Å². The molecule has 0 amide bonds. The largest absolute Gasteiger partial charge is 0.396 e. The molecule has 0 atom stereocenters. The molecule has 1 aliphatic carbocycles. The predicted molar refractivity (Wildman–Crippen MR) is 62.7 cm³/mol. The van der Waals surface area contributed by atoms with E-state index in [1.807, 2.05) is 0 Å². The van der Waals surface area contributed by atoms with Crippen molar-refractivity contribution in [1.82, 2.24) is 4.98 Å². The quantitative estimate of drug-likeness (QED) is 0.855. The van der Waals surface area contributed by atoms with Gasteiger partial charge in [-0.05, 0) is 18.9 Å². The Morgan fingerprint density at radius 1 is 1.25 bits per heavy atom. The SMILES string of the molecule is Nc1cnccc1S(=O)(=O)C1CCCCC1. The van der Waals surface area contributed by atoms with E-state index in [0.717, 1.165) is 32.1 Å². The second-order valence-electron chi connectivity index (χ2n) is 4.22. The second kappa shape index (κ2) is 4.41. The summed E-state index contributed by atoms with van der Waals surface area (Å²) in [4.78, 5) is 4.06. The molecule has 1 heterocycles. The van der Waals surface area contributed by atoms with E-state index < -0.39 is 9.84 Å². The minimum absolute atomic E-state index is 0.245. The van der Waals surface area contributed by atoms with E-state index in [2.05, 4.69) is 4.98 Å². The molecule has 88 valence electrons. The van der Waals surface area contributed by atoms with Crippen molar-refractivity contribution in [3.63, 3.8) is 0 Å². The number of anilines is 1. The van der Waals surface area contributed by atoms with Crippen LogP contribution in [0.15, 0.2) is 23.4 Å². The predicted octanol–water partition coefficient (Wildman–Crippen LogP) is 1.77. The van der Waals surface area contributed by atoms with E-state index in [1.54, 1.807) is 0 Å². The maximum absolute atomic E-state index is 12.3. The fourth-order valence-corrected chi connectivity index (χ4v) is 4.15. The molecule has 0 unspecified atom stereocenters. The molecule has 1 fully saturated rings. The van der Waals surface area contributed by atoms with E-state index in [0.29, 0.717) is 0 Å². The molecule has 1 aromatic rings. The van der Waals surface area contributed by atoms with Gasteiger partial charge in [0.25, 0.3) is 0 Å². The van der Waals surface area contributed by atoms with Gasteiger partial charge < -0.3 is 5.73 Å². The Bertz CT molecular complexity index is 465. The Morgan fingerprint density at radius 3 is 2.56 bits per heavy atom. The lowest BCUT2D eigenvalue weighted by Crippen LogP contribution is -2.24. The molecule has 0 saturated heterocycles. The second-order valence-corrected chi connectivity index (χ2v) is 6.42. The Balaban J connectivity index is 2.35. The first-order valence-electron chi connectivity index (χ1n) is 5.56. The zero-order chi connectivity index (χ0) is 11.6. The molecule has 1 saturated carbocycles. The van der Waals surface area contributed by atoms with Gasteiger partial charge in [0.05, 0.1) is 22.0 Å². The van der Waals surface area contributed by atoms with Crippen LogP contribution in [0.25, 0.3) is 0 Å². The van der Waals surface area contributed by atoms with Crippen LogP contribution in [-0.4, -0.2) is 18.7 Å². The molecule has 0 bridgehead atoms.